The number of para-hydroxylation sites is 1. The van der Waals surface area contributed by atoms with Gasteiger partial charge in [0.25, 0.3) is 0 Å². The first-order valence-electron chi connectivity index (χ1n) is 7.10. The lowest BCUT2D eigenvalue weighted by Gasteiger charge is -2.12. The standard InChI is InChI=1S/C17H17N3O2S/c1-21-15-9-12(7-8-16(15)23-2)10-22-14-6-4-3-5-13(14)17-18-11-19-20-17/h3-9,11H,10H2,1-2H3,(H,18,19,20). The molecule has 1 heterocycles. The van der Waals surface area contributed by atoms with E-state index in [9.17, 15) is 0 Å². The topological polar surface area (TPSA) is 60.0 Å². The molecule has 0 aliphatic rings. The molecule has 0 aliphatic carbocycles. The average Bonchev–Trinajstić information content (AvgIpc) is 3.14. The monoisotopic (exact) mass is 327 g/mol. The molecule has 0 radical (unpaired) electrons. The first-order chi connectivity index (χ1) is 11.3. The Hall–Kier alpha value is -2.47. The number of hydrogen-bond acceptors (Lipinski definition) is 5. The van der Waals surface area contributed by atoms with Crippen molar-refractivity contribution in [3.8, 4) is 22.9 Å². The van der Waals surface area contributed by atoms with Crippen LogP contribution in [0.4, 0.5) is 0 Å². The summed E-state index contributed by atoms with van der Waals surface area (Å²) in [6.07, 6.45) is 3.51. The molecular weight excluding hydrogens is 310 g/mol. The third-order valence-corrected chi connectivity index (χ3v) is 4.18. The van der Waals surface area contributed by atoms with E-state index in [1.807, 2.05) is 48.7 Å². The number of nitrogens with zero attached hydrogens (tertiary/aromatic N) is 2. The predicted molar refractivity (Wildman–Crippen MR) is 90.9 cm³/mol. The van der Waals surface area contributed by atoms with Crippen LogP contribution in [0, 0.1) is 0 Å². The van der Waals surface area contributed by atoms with Crippen LogP contribution in [-0.2, 0) is 6.61 Å². The van der Waals surface area contributed by atoms with Crippen LogP contribution in [0.15, 0.2) is 53.7 Å². The summed E-state index contributed by atoms with van der Waals surface area (Å²) in [6, 6.07) is 13.9. The molecule has 0 aliphatic heterocycles. The van der Waals surface area contributed by atoms with Gasteiger partial charge in [-0.3, -0.25) is 5.10 Å². The van der Waals surface area contributed by atoms with Gasteiger partial charge >= 0.3 is 0 Å². The minimum Gasteiger partial charge on any atom is -0.496 e. The zero-order chi connectivity index (χ0) is 16.1. The summed E-state index contributed by atoms with van der Waals surface area (Å²) in [5, 5.41) is 6.75. The maximum atomic E-state index is 5.97. The molecule has 0 saturated heterocycles. The molecular formula is C17H17N3O2S. The van der Waals surface area contributed by atoms with Crippen LogP contribution in [0.2, 0.25) is 0 Å². The highest BCUT2D eigenvalue weighted by molar-refractivity contribution is 7.98. The van der Waals surface area contributed by atoms with E-state index in [2.05, 4.69) is 15.2 Å². The van der Waals surface area contributed by atoms with Crippen LogP contribution in [0.3, 0.4) is 0 Å². The average molecular weight is 327 g/mol. The summed E-state index contributed by atoms with van der Waals surface area (Å²) in [6.45, 7) is 0.455. The largest absolute Gasteiger partial charge is 0.496 e. The minimum atomic E-state index is 0.455. The first-order valence-corrected chi connectivity index (χ1v) is 8.32. The molecule has 0 fully saturated rings. The number of benzene rings is 2. The Morgan fingerprint density at radius 2 is 2.00 bits per heavy atom. The Balaban J connectivity index is 1.79. The summed E-state index contributed by atoms with van der Waals surface area (Å²) in [4.78, 5) is 5.29. The number of methoxy groups -OCH3 is 1. The summed E-state index contributed by atoms with van der Waals surface area (Å²) in [5.41, 5.74) is 1.93. The Labute approximate surface area is 139 Å². The SMILES string of the molecule is COc1cc(COc2ccccc2-c2ncn[nH]2)ccc1SC. The number of aromatic nitrogens is 3. The van der Waals surface area contributed by atoms with Gasteiger partial charge in [-0.15, -0.1) is 11.8 Å². The van der Waals surface area contributed by atoms with Gasteiger partial charge in [0.2, 0.25) is 0 Å². The molecule has 0 saturated carbocycles. The minimum absolute atomic E-state index is 0.455. The van der Waals surface area contributed by atoms with Crippen molar-refractivity contribution in [2.24, 2.45) is 0 Å². The van der Waals surface area contributed by atoms with Gasteiger partial charge < -0.3 is 9.47 Å². The highest BCUT2D eigenvalue weighted by atomic mass is 32.2. The summed E-state index contributed by atoms with van der Waals surface area (Å²) >= 11 is 1.66. The molecule has 23 heavy (non-hydrogen) atoms. The van der Waals surface area contributed by atoms with Gasteiger partial charge in [0, 0.05) is 4.90 Å². The highest BCUT2D eigenvalue weighted by Gasteiger charge is 2.09. The second-order valence-electron chi connectivity index (χ2n) is 4.81. The molecule has 0 spiro atoms. The number of aromatic amines is 1. The number of thioether (sulfide) groups is 1. The van der Waals surface area contributed by atoms with Gasteiger partial charge in [0.05, 0.1) is 12.7 Å². The fourth-order valence-corrected chi connectivity index (χ4v) is 2.80. The fraction of sp³-hybridized carbons (Fsp3) is 0.176. The predicted octanol–water partition coefficient (Wildman–Crippen LogP) is 3.78. The Bertz CT molecular complexity index is 775. The van der Waals surface area contributed by atoms with Crippen molar-refractivity contribution in [1.82, 2.24) is 15.2 Å². The molecule has 118 valence electrons. The third-order valence-electron chi connectivity index (χ3n) is 3.40. The van der Waals surface area contributed by atoms with E-state index in [1.54, 1.807) is 18.9 Å². The fourth-order valence-electron chi connectivity index (χ4n) is 2.25. The third kappa shape index (κ3) is 3.48. The van der Waals surface area contributed by atoms with Crippen molar-refractivity contribution in [3.63, 3.8) is 0 Å². The Morgan fingerprint density at radius 1 is 1.13 bits per heavy atom. The number of H-pyrrole nitrogens is 1. The van der Waals surface area contributed by atoms with Crippen molar-refractivity contribution >= 4 is 11.8 Å². The lowest BCUT2D eigenvalue weighted by Crippen LogP contribution is -1.98. The second-order valence-corrected chi connectivity index (χ2v) is 5.66. The Morgan fingerprint density at radius 3 is 2.74 bits per heavy atom. The van der Waals surface area contributed by atoms with E-state index in [4.69, 9.17) is 9.47 Å². The zero-order valence-corrected chi connectivity index (χ0v) is 13.8. The number of ether oxygens (including phenoxy) is 2. The van der Waals surface area contributed by atoms with E-state index >= 15 is 0 Å². The second kappa shape index (κ2) is 7.19. The van der Waals surface area contributed by atoms with Gasteiger partial charge in [0.15, 0.2) is 5.82 Å². The molecule has 2 aromatic carbocycles. The van der Waals surface area contributed by atoms with Gasteiger partial charge in [-0.2, -0.15) is 5.10 Å². The summed E-state index contributed by atoms with van der Waals surface area (Å²) in [7, 11) is 1.68. The molecule has 0 atom stereocenters. The van der Waals surface area contributed by atoms with Gasteiger partial charge in [-0.05, 0) is 36.1 Å². The van der Waals surface area contributed by atoms with Crippen molar-refractivity contribution in [3.05, 3.63) is 54.4 Å². The molecule has 0 amide bonds. The highest BCUT2D eigenvalue weighted by Crippen LogP contribution is 2.30. The van der Waals surface area contributed by atoms with E-state index in [-0.39, 0.29) is 0 Å². The zero-order valence-electron chi connectivity index (χ0n) is 12.9. The molecule has 3 rings (SSSR count). The number of hydrogen-bond donors (Lipinski definition) is 1. The first kappa shape index (κ1) is 15.4. The summed E-state index contributed by atoms with van der Waals surface area (Å²) in [5.74, 6) is 2.31. The van der Waals surface area contributed by atoms with E-state index < -0.39 is 0 Å². The normalized spacial score (nSPS) is 10.5. The Kier molecular flexibility index (Phi) is 4.83. The van der Waals surface area contributed by atoms with Gasteiger partial charge in [-0.25, -0.2) is 4.98 Å². The lowest BCUT2D eigenvalue weighted by atomic mass is 10.2. The van der Waals surface area contributed by atoms with Crippen LogP contribution < -0.4 is 9.47 Å². The molecule has 5 nitrogen and oxygen atoms in total. The molecule has 3 aromatic rings. The molecule has 0 bridgehead atoms. The summed E-state index contributed by atoms with van der Waals surface area (Å²) < 4.78 is 11.4. The van der Waals surface area contributed by atoms with Crippen molar-refractivity contribution in [2.45, 2.75) is 11.5 Å². The van der Waals surface area contributed by atoms with E-state index in [1.165, 1.54) is 6.33 Å². The maximum Gasteiger partial charge on any atom is 0.159 e. The van der Waals surface area contributed by atoms with E-state index in [0.29, 0.717) is 12.4 Å². The maximum absolute atomic E-state index is 5.97. The van der Waals surface area contributed by atoms with Crippen LogP contribution >= 0.6 is 11.8 Å². The quantitative estimate of drug-likeness (QED) is 0.698. The van der Waals surface area contributed by atoms with Gasteiger partial charge in [0.1, 0.15) is 24.4 Å². The molecule has 6 heteroatoms. The molecule has 0 unspecified atom stereocenters. The molecule has 1 N–H and O–H groups in total. The molecule has 1 aromatic heterocycles. The van der Waals surface area contributed by atoms with E-state index in [0.717, 1.165) is 27.5 Å². The van der Waals surface area contributed by atoms with Crippen LogP contribution in [0.25, 0.3) is 11.4 Å². The van der Waals surface area contributed by atoms with Crippen LogP contribution in [-0.4, -0.2) is 28.5 Å². The van der Waals surface area contributed by atoms with Crippen molar-refractivity contribution in [2.75, 3.05) is 13.4 Å². The van der Waals surface area contributed by atoms with Crippen molar-refractivity contribution in [1.29, 1.82) is 0 Å². The van der Waals surface area contributed by atoms with Crippen molar-refractivity contribution < 1.29 is 9.47 Å². The van der Waals surface area contributed by atoms with Crippen LogP contribution in [0.5, 0.6) is 11.5 Å². The number of nitrogens with one attached hydrogen (secondary N) is 1. The van der Waals surface area contributed by atoms with Crippen LogP contribution in [0.1, 0.15) is 5.56 Å². The smallest absolute Gasteiger partial charge is 0.159 e. The number of rotatable bonds is 6. The lowest BCUT2D eigenvalue weighted by molar-refractivity contribution is 0.306. The van der Waals surface area contributed by atoms with Gasteiger partial charge in [-0.1, -0.05) is 18.2 Å².